The van der Waals surface area contributed by atoms with E-state index in [-0.39, 0.29) is 5.91 Å². The van der Waals surface area contributed by atoms with Gasteiger partial charge >= 0.3 is 0 Å². The van der Waals surface area contributed by atoms with Gasteiger partial charge in [-0.25, -0.2) is 0 Å². The number of hydrogen-bond acceptors (Lipinski definition) is 6. The number of benzene rings is 4. The van der Waals surface area contributed by atoms with Gasteiger partial charge in [0.2, 0.25) is 0 Å². The molecule has 6 rings (SSSR count). The van der Waals surface area contributed by atoms with Crippen molar-refractivity contribution in [3.8, 4) is 5.75 Å². The molecule has 3 N–H and O–H groups in total. The lowest BCUT2D eigenvalue weighted by Crippen LogP contribution is -2.48. The number of aromatic nitrogens is 1. The average Bonchev–Trinajstić information content (AvgIpc) is 3.33. The van der Waals surface area contributed by atoms with Gasteiger partial charge in [0.05, 0.1) is 36.1 Å². The number of aliphatic hydroxyl groups is 1. The molecule has 0 spiro atoms. The zero-order valence-electron chi connectivity index (χ0n) is 25.8. The number of hydrogen-bond donors (Lipinski definition) is 3. The van der Waals surface area contributed by atoms with Crippen LogP contribution >= 0.6 is 11.9 Å². The van der Waals surface area contributed by atoms with Gasteiger partial charge < -0.3 is 25.0 Å². The molecule has 4 aromatic carbocycles. The van der Waals surface area contributed by atoms with Crippen molar-refractivity contribution in [1.29, 1.82) is 0 Å². The molecule has 0 radical (unpaired) electrons. The Morgan fingerprint density at radius 1 is 0.978 bits per heavy atom. The molecule has 0 aliphatic carbocycles. The largest absolute Gasteiger partial charge is 0.497 e. The molecule has 1 aromatic heterocycles. The number of methoxy groups -OCH3 is 1. The normalized spacial score (nSPS) is 14.2. The molecule has 8 heteroatoms. The Morgan fingerprint density at radius 3 is 2.49 bits per heavy atom. The number of anilines is 2. The lowest BCUT2D eigenvalue weighted by molar-refractivity contribution is 0.0830. The first-order chi connectivity index (χ1) is 22.0. The smallest absolute Gasteiger partial charge is 0.251 e. The van der Waals surface area contributed by atoms with Gasteiger partial charge in [0.15, 0.2) is 0 Å². The van der Waals surface area contributed by atoms with Crippen molar-refractivity contribution in [1.82, 2.24) is 15.2 Å². The molecule has 45 heavy (non-hydrogen) atoms. The first-order valence-corrected chi connectivity index (χ1v) is 16.5. The number of ether oxygens (including phenoxy) is 1. The third-order valence-corrected chi connectivity index (χ3v) is 9.37. The third-order valence-electron chi connectivity index (χ3n) is 8.34. The summed E-state index contributed by atoms with van der Waals surface area (Å²) in [6.07, 6.45) is 2.81. The first kappa shape index (κ1) is 30.8. The molecule has 0 fully saturated rings. The molecule has 0 saturated carbocycles. The zero-order chi connectivity index (χ0) is 31.2. The summed E-state index contributed by atoms with van der Waals surface area (Å²) in [4.78, 5) is 14.1. The molecule has 2 heterocycles. The maximum absolute atomic E-state index is 14.1. The van der Waals surface area contributed by atoms with Crippen LogP contribution in [0.4, 0.5) is 11.4 Å². The molecule has 1 amide bonds. The zero-order valence-corrected chi connectivity index (χ0v) is 26.6. The third kappa shape index (κ3) is 7.04. The number of nitrogens with one attached hydrogen (secondary N) is 2. The Hall–Kier alpha value is -4.24. The van der Waals surface area contributed by atoms with Crippen LogP contribution in [0.3, 0.4) is 0 Å². The molecule has 0 unspecified atom stereocenters. The van der Waals surface area contributed by atoms with Crippen molar-refractivity contribution in [3.05, 3.63) is 126 Å². The van der Waals surface area contributed by atoms with Crippen molar-refractivity contribution in [2.24, 2.45) is 0 Å². The van der Waals surface area contributed by atoms with E-state index in [2.05, 4.69) is 44.8 Å². The van der Waals surface area contributed by atoms with Crippen LogP contribution in [0.15, 0.2) is 103 Å². The summed E-state index contributed by atoms with van der Waals surface area (Å²) in [6, 6.07) is 31.7. The molecular weight excluding hydrogens is 580 g/mol. The van der Waals surface area contributed by atoms with E-state index in [1.54, 1.807) is 19.1 Å². The Bertz CT molecular complexity index is 1740. The van der Waals surface area contributed by atoms with Gasteiger partial charge in [0, 0.05) is 42.5 Å². The summed E-state index contributed by atoms with van der Waals surface area (Å²) in [5, 5.41) is 19.1. The fraction of sp³-hybridized carbons (Fsp3) is 0.270. The number of rotatable bonds is 12. The van der Waals surface area contributed by atoms with Crippen LogP contribution in [-0.2, 0) is 25.9 Å². The summed E-state index contributed by atoms with van der Waals surface area (Å²) >= 11 is 1.76. The number of amides is 1. The summed E-state index contributed by atoms with van der Waals surface area (Å²) in [5.74, 6) is 1.52. The van der Waals surface area contributed by atoms with E-state index in [0.29, 0.717) is 25.1 Å². The van der Waals surface area contributed by atoms with Gasteiger partial charge in [-0.1, -0.05) is 67.6 Å². The second kappa shape index (κ2) is 14.2. The number of aliphatic hydroxyl groups excluding tert-OH is 1. The van der Waals surface area contributed by atoms with E-state index in [0.717, 1.165) is 57.9 Å². The Balaban J connectivity index is 1.28. The maximum atomic E-state index is 14.1. The quantitative estimate of drug-likeness (QED) is 0.138. The van der Waals surface area contributed by atoms with Crippen LogP contribution in [0.25, 0.3) is 10.9 Å². The van der Waals surface area contributed by atoms with Gasteiger partial charge in [-0.2, -0.15) is 0 Å². The van der Waals surface area contributed by atoms with E-state index in [1.807, 2.05) is 84.9 Å². The number of aryl methyl sites for hydroxylation is 2. The number of para-hydroxylation sites is 1. The molecule has 7 nitrogen and oxygen atoms in total. The second-order valence-corrected chi connectivity index (χ2v) is 12.4. The molecule has 5 aromatic rings. The average molecular weight is 621 g/mol. The Morgan fingerprint density at radius 2 is 1.73 bits per heavy atom. The van der Waals surface area contributed by atoms with Crippen molar-refractivity contribution in [2.45, 2.75) is 45.0 Å². The monoisotopic (exact) mass is 620 g/mol. The van der Waals surface area contributed by atoms with E-state index < -0.39 is 12.1 Å². The van der Waals surface area contributed by atoms with Crippen LogP contribution in [-0.4, -0.2) is 47.1 Å². The van der Waals surface area contributed by atoms with Crippen LogP contribution in [0.1, 0.15) is 34.0 Å². The molecule has 0 bridgehead atoms. The van der Waals surface area contributed by atoms with Gasteiger partial charge in [0.25, 0.3) is 5.91 Å². The second-order valence-electron chi connectivity index (χ2n) is 11.4. The van der Waals surface area contributed by atoms with Crippen molar-refractivity contribution in [3.63, 3.8) is 0 Å². The van der Waals surface area contributed by atoms with Crippen molar-refractivity contribution >= 4 is 40.1 Å². The number of carbonyl (C=O) groups is 1. The molecule has 2 atom stereocenters. The van der Waals surface area contributed by atoms with Crippen LogP contribution in [0.2, 0.25) is 0 Å². The Labute approximate surface area is 269 Å². The number of nitrogens with zero attached hydrogens (tertiary/aromatic N) is 2. The predicted molar refractivity (Wildman–Crippen MR) is 184 cm³/mol. The molecule has 232 valence electrons. The van der Waals surface area contributed by atoms with Crippen molar-refractivity contribution < 1.29 is 14.6 Å². The van der Waals surface area contributed by atoms with Gasteiger partial charge in [-0.05, 0) is 77.9 Å². The highest BCUT2D eigenvalue weighted by Gasteiger charge is 2.26. The Kier molecular flexibility index (Phi) is 9.74. The number of carbonyl (C=O) groups excluding carboxylic acids is 1. The van der Waals surface area contributed by atoms with E-state index >= 15 is 0 Å². The van der Waals surface area contributed by atoms with Gasteiger partial charge in [-0.3, -0.25) is 9.10 Å². The molecular formula is C37H40N4O3S. The van der Waals surface area contributed by atoms with E-state index in [1.165, 1.54) is 5.56 Å². The highest BCUT2D eigenvalue weighted by atomic mass is 32.2. The lowest BCUT2D eigenvalue weighted by Gasteiger charge is -2.26. The van der Waals surface area contributed by atoms with Gasteiger partial charge in [-0.15, -0.1) is 0 Å². The minimum absolute atomic E-state index is 0.196. The fourth-order valence-electron chi connectivity index (χ4n) is 6.00. The highest BCUT2D eigenvalue weighted by Crippen LogP contribution is 2.42. The van der Waals surface area contributed by atoms with Crippen LogP contribution in [0, 0.1) is 0 Å². The van der Waals surface area contributed by atoms with Crippen LogP contribution in [0.5, 0.6) is 5.75 Å². The highest BCUT2D eigenvalue weighted by molar-refractivity contribution is 8.01. The predicted octanol–water partition coefficient (Wildman–Crippen LogP) is 6.50. The van der Waals surface area contributed by atoms with E-state index in [4.69, 9.17) is 4.74 Å². The maximum Gasteiger partial charge on any atom is 0.251 e. The molecule has 0 saturated heterocycles. The topological polar surface area (TPSA) is 78.8 Å². The summed E-state index contributed by atoms with van der Waals surface area (Å²) in [7, 11) is 1.65. The lowest BCUT2D eigenvalue weighted by atomic mass is 9.99. The summed E-state index contributed by atoms with van der Waals surface area (Å²) < 4.78 is 9.93. The van der Waals surface area contributed by atoms with Crippen LogP contribution < -0.4 is 19.7 Å². The summed E-state index contributed by atoms with van der Waals surface area (Å²) in [6.45, 7) is 3.95. The summed E-state index contributed by atoms with van der Waals surface area (Å²) in [5.41, 5.74) is 7.16. The fourth-order valence-corrected chi connectivity index (χ4v) is 7.01. The van der Waals surface area contributed by atoms with E-state index in [9.17, 15) is 9.90 Å². The molecule has 1 aliphatic heterocycles. The SMILES string of the molecule is CCc1cn2c3c(cc(C(=O)N[C@@H](Cc4ccccc4)[C@H](O)CNCc4cccc(OC)c4)cc13)N(c1ccccc1)SCC2. The van der Waals surface area contributed by atoms with Crippen molar-refractivity contribution in [2.75, 3.05) is 23.7 Å². The standard InChI is InChI=1S/C37H40N4O3S/c1-3-28-25-40-17-18-45-41(30-14-8-5-9-15-30)34-22-29(21-32(28)36(34)40)37(43)39-33(20-26-11-6-4-7-12-26)35(42)24-38-23-27-13-10-16-31(19-27)44-2/h4-16,19,21-22,25,33,35,38,42H,3,17-18,20,23-24H2,1-2H3,(H,39,43)/t33-,35+/m0/s1. The first-order valence-electron chi connectivity index (χ1n) is 15.5. The van der Waals surface area contributed by atoms with Gasteiger partial charge in [0.1, 0.15) is 5.75 Å². The minimum atomic E-state index is -0.811. The minimum Gasteiger partial charge on any atom is -0.497 e. The molecule has 1 aliphatic rings.